The smallest absolute Gasteiger partial charge is 0.127 e. The molecular formula is C11H15N5. The van der Waals surface area contributed by atoms with Crippen molar-refractivity contribution < 1.29 is 0 Å². The van der Waals surface area contributed by atoms with Crippen molar-refractivity contribution in [2.24, 2.45) is 12.9 Å². The Hall–Kier alpha value is -1.72. The van der Waals surface area contributed by atoms with Gasteiger partial charge in [-0.2, -0.15) is 0 Å². The van der Waals surface area contributed by atoms with Crippen molar-refractivity contribution in [1.82, 2.24) is 20.0 Å². The number of pyridine rings is 1. The van der Waals surface area contributed by atoms with E-state index in [-0.39, 0.29) is 6.04 Å². The molecule has 5 nitrogen and oxygen atoms in total. The molecule has 3 N–H and O–H groups in total. The summed E-state index contributed by atoms with van der Waals surface area (Å²) in [5.74, 6) is 6.48. The number of aromatic nitrogens is 3. The van der Waals surface area contributed by atoms with E-state index in [1.807, 2.05) is 36.1 Å². The van der Waals surface area contributed by atoms with Crippen LogP contribution in [0, 0.1) is 0 Å². The van der Waals surface area contributed by atoms with Crippen LogP contribution in [0.5, 0.6) is 0 Å². The van der Waals surface area contributed by atoms with Gasteiger partial charge in [-0.15, -0.1) is 0 Å². The van der Waals surface area contributed by atoms with Crippen LogP contribution in [0.1, 0.15) is 17.4 Å². The van der Waals surface area contributed by atoms with Crippen LogP contribution >= 0.6 is 0 Å². The Morgan fingerprint density at radius 1 is 1.50 bits per heavy atom. The largest absolute Gasteiger partial charge is 0.337 e. The fraction of sp³-hybridized carbons (Fsp3) is 0.273. The number of nitrogens with two attached hydrogens (primary N) is 1. The normalized spacial score (nSPS) is 12.6. The Morgan fingerprint density at radius 2 is 2.38 bits per heavy atom. The molecule has 0 aliphatic rings. The van der Waals surface area contributed by atoms with Crippen LogP contribution in [-0.4, -0.2) is 14.5 Å². The lowest BCUT2D eigenvalue weighted by atomic mass is 10.1. The highest BCUT2D eigenvalue weighted by Crippen LogP contribution is 2.14. The molecule has 0 spiro atoms. The Balaban J connectivity index is 2.16. The number of aryl methyl sites for hydroxylation is 1. The number of hydrazine groups is 1. The average molecular weight is 217 g/mol. The van der Waals surface area contributed by atoms with Gasteiger partial charge < -0.3 is 4.57 Å². The highest BCUT2D eigenvalue weighted by molar-refractivity contribution is 5.13. The summed E-state index contributed by atoms with van der Waals surface area (Å²) in [6.45, 7) is 0. The Morgan fingerprint density at radius 3 is 2.94 bits per heavy atom. The maximum absolute atomic E-state index is 5.56. The predicted octanol–water partition coefficient (Wildman–Crippen LogP) is 0.562. The number of nitrogens with zero attached hydrogens (tertiary/aromatic N) is 3. The summed E-state index contributed by atoms with van der Waals surface area (Å²) in [7, 11) is 1.95. The lowest BCUT2D eigenvalue weighted by molar-refractivity contribution is 0.507. The van der Waals surface area contributed by atoms with Gasteiger partial charge in [-0.25, -0.2) is 10.4 Å². The Labute approximate surface area is 94.3 Å². The molecule has 0 aliphatic heterocycles. The van der Waals surface area contributed by atoms with Gasteiger partial charge in [0.2, 0.25) is 0 Å². The van der Waals surface area contributed by atoms with Crippen LogP contribution < -0.4 is 11.3 Å². The van der Waals surface area contributed by atoms with Crippen LogP contribution in [-0.2, 0) is 13.5 Å². The van der Waals surface area contributed by atoms with Crippen molar-refractivity contribution in [3.05, 3.63) is 48.3 Å². The number of imidazole rings is 1. The van der Waals surface area contributed by atoms with Gasteiger partial charge in [0.05, 0.1) is 6.04 Å². The maximum Gasteiger partial charge on any atom is 0.127 e. The first-order chi connectivity index (χ1) is 7.81. The summed E-state index contributed by atoms with van der Waals surface area (Å²) >= 11 is 0. The lowest BCUT2D eigenvalue weighted by Crippen LogP contribution is -2.31. The van der Waals surface area contributed by atoms with E-state index < -0.39 is 0 Å². The molecule has 0 saturated carbocycles. The van der Waals surface area contributed by atoms with Gasteiger partial charge >= 0.3 is 0 Å². The third-order valence-electron chi connectivity index (χ3n) is 2.53. The molecule has 1 unspecified atom stereocenters. The van der Waals surface area contributed by atoms with E-state index in [2.05, 4.69) is 15.4 Å². The molecule has 2 aromatic heterocycles. The number of nitrogens with one attached hydrogen (secondary N) is 1. The van der Waals surface area contributed by atoms with Gasteiger partial charge in [-0.05, 0) is 18.1 Å². The zero-order chi connectivity index (χ0) is 11.4. The van der Waals surface area contributed by atoms with E-state index in [1.54, 1.807) is 12.4 Å². The summed E-state index contributed by atoms with van der Waals surface area (Å²) in [5, 5.41) is 0. The first-order valence-corrected chi connectivity index (χ1v) is 5.13. The molecule has 0 saturated heterocycles. The molecular weight excluding hydrogens is 202 g/mol. The van der Waals surface area contributed by atoms with Gasteiger partial charge in [-0.3, -0.25) is 10.8 Å². The minimum absolute atomic E-state index is 0.00389. The number of hydrogen-bond acceptors (Lipinski definition) is 4. The van der Waals surface area contributed by atoms with Crippen LogP contribution in [0.25, 0.3) is 0 Å². The van der Waals surface area contributed by atoms with Crippen LogP contribution in [0.2, 0.25) is 0 Å². The van der Waals surface area contributed by atoms with Crippen molar-refractivity contribution in [1.29, 1.82) is 0 Å². The molecule has 84 valence electrons. The highest BCUT2D eigenvalue weighted by atomic mass is 15.3. The predicted molar refractivity (Wildman–Crippen MR) is 61.2 cm³/mol. The first kappa shape index (κ1) is 10.8. The summed E-state index contributed by atoms with van der Waals surface area (Å²) in [5.41, 5.74) is 3.92. The third-order valence-corrected chi connectivity index (χ3v) is 2.53. The highest BCUT2D eigenvalue weighted by Gasteiger charge is 2.14. The zero-order valence-electron chi connectivity index (χ0n) is 9.17. The van der Waals surface area contributed by atoms with Crippen molar-refractivity contribution in [2.45, 2.75) is 12.5 Å². The number of hydrogen-bond donors (Lipinski definition) is 2. The van der Waals surface area contributed by atoms with Crippen LogP contribution in [0.3, 0.4) is 0 Å². The van der Waals surface area contributed by atoms with Gasteiger partial charge in [0, 0.05) is 31.8 Å². The molecule has 2 rings (SSSR count). The molecule has 0 fully saturated rings. The van der Waals surface area contributed by atoms with Crippen LogP contribution in [0.4, 0.5) is 0 Å². The Kier molecular flexibility index (Phi) is 3.28. The second kappa shape index (κ2) is 4.87. The third kappa shape index (κ3) is 2.26. The molecule has 2 aromatic rings. The maximum atomic E-state index is 5.56. The molecule has 0 aromatic carbocycles. The van der Waals surface area contributed by atoms with E-state index in [4.69, 9.17) is 5.84 Å². The van der Waals surface area contributed by atoms with Crippen molar-refractivity contribution in [3.63, 3.8) is 0 Å². The molecule has 16 heavy (non-hydrogen) atoms. The SMILES string of the molecule is Cn1ccnc1C(Cc1cccnc1)NN. The van der Waals surface area contributed by atoms with Gasteiger partial charge in [0.25, 0.3) is 0 Å². The van der Waals surface area contributed by atoms with Gasteiger partial charge in [0.1, 0.15) is 5.82 Å². The minimum Gasteiger partial charge on any atom is -0.337 e. The summed E-state index contributed by atoms with van der Waals surface area (Å²) in [6, 6.07) is 3.95. The second-order valence-electron chi connectivity index (χ2n) is 3.68. The van der Waals surface area contributed by atoms with Gasteiger partial charge in [0.15, 0.2) is 0 Å². The van der Waals surface area contributed by atoms with E-state index in [9.17, 15) is 0 Å². The summed E-state index contributed by atoms with van der Waals surface area (Å²) < 4.78 is 1.96. The fourth-order valence-corrected chi connectivity index (χ4v) is 1.69. The molecule has 0 bridgehead atoms. The van der Waals surface area contributed by atoms with Crippen LogP contribution in [0.15, 0.2) is 36.9 Å². The standard InChI is InChI=1S/C11H15N5/c1-16-6-5-14-11(16)10(15-12)7-9-3-2-4-13-8-9/h2-6,8,10,15H,7,12H2,1H3. The molecule has 1 atom stereocenters. The van der Waals surface area contributed by atoms with E-state index in [1.165, 1.54) is 0 Å². The zero-order valence-corrected chi connectivity index (χ0v) is 9.17. The molecule has 2 heterocycles. The fourth-order valence-electron chi connectivity index (χ4n) is 1.69. The Bertz CT molecular complexity index is 437. The van der Waals surface area contributed by atoms with E-state index in [0.717, 1.165) is 17.8 Å². The lowest BCUT2D eigenvalue weighted by Gasteiger charge is -2.15. The summed E-state index contributed by atoms with van der Waals surface area (Å²) in [6.07, 6.45) is 8.05. The summed E-state index contributed by atoms with van der Waals surface area (Å²) in [4.78, 5) is 8.36. The number of rotatable bonds is 4. The van der Waals surface area contributed by atoms with Crippen molar-refractivity contribution in [2.75, 3.05) is 0 Å². The monoisotopic (exact) mass is 217 g/mol. The molecule has 0 amide bonds. The molecule has 0 radical (unpaired) electrons. The second-order valence-corrected chi connectivity index (χ2v) is 3.68. The average Bonchev–Trinajstić information content (AvgIpc) is 2.74. The quantitative estimate of drug-likeness (QED) is 0.580. The minimum atomic E-state index is 0.00389. The first-order valence-electron chi connectivity index (χ1n) is 5.13. The van der Waals surface area contributed by atoms with Crippen molar-refractivity contribution >= 4 is 0 Å². The topological polar surface area (TPSA) is 68.8 Å². The molecule has 5 heteroatoms. The van der Waals surface area contributed by atoms with E-state index in [0.29, 0.717) is 0 Å². The van der Waals surface area contributed by atoms with E-state index >= 15 is 0 Å². The van der Waals surface area contributed by atoms with Crippen molar-refractivity contribution in [3.8, 4) is 0 Å². The molecule has 0 aliphatic carbocycles. The van der Waals surface area contributed by atoms with Gasteiger partial charge in [-0.1, -0.05) is 6.07 Å².